The molecular formula is C16H26BrNO2. The summed E-state index contributed by atoms with van der Waals surface area (Å²) in [6.45, 7) is 8.97. The molecule has 2 aliphatic heterocycles. The van der Waals surface area contributed by atoms with E-state index in [4.69, 9.17) is 4.74 Å². The molecule has 0 radical (unpaired) electrons. The van der Waals surface area contributed by atoms with Crippen molar-refractivity contribution in [3.05, 3.63) is 10.1 Å². The highest BCUT2D eigenvalue weighted by Gasteiger charge is 2.28. The monoisotopic (exact) mass is 343 g/mol. The standard InChI is InChI=1S/C16H26BrNO2/c1-11(2)15-8-13(5-7-20-15)9-16(19)18-6-4-12(3)14(17)10-18/h11,13,15H,4-10H2,1-3H3/t13-,15-/m1/s1. The van der Waals surface area contributed by atoms with E-state index >= 15 is 0 Å². The summed E-state index contributed by atoms with van der Waals surface area (Å²) in [5, 5.41) is 0. The lowest BCUT2D eigenvalue weighted by atomic mass is 9.87. The summed E-state index contributed by atoms with van der Waals surface area (Å²) in [7, 11) is 0. The average molecular weight is 344 g/mol. The molecule has 2 atom stereocenters. The maximum Gasteiger partial charge on any atom is 0.223 e. The molecule has 0 unspecified atom stereocenters. The van der Waals surface area contributed by atoms with Gasteiger partial charge < -0.3 is 9.64 Å². The molecule has 1 saturated heterocycles. The van der Waals surface area contributed by atoms with E-state index in [0.717, 1.165) is 39.0 Å². The molecule has 0 bridgehead atoms. The number of halogens is 1. The average Bonchev–Trinajstić information content (AvgIpc) is 2.42. The van der Waals surface area contributed by atoms with Crippen LogP contribution in [0.25, 0.3) is 0 Å². The number of carbonyl (C=O) groups excluding carboxylic acids is 1. The Kier molecular flexibility index (Phi) is 5.67. The molecule has 2 heterocycles. The van der Waals surface area contributed by atoms with Gasteiger partial charge in [0.15, 0.2) is 0 Å². The Labute approximate surface area is 130 Å². The van der Waals surface area contributed by atoms with Crippen LogP contribution in [0.4, 0.5) is 0 Å². The van der Waals surface area contributed by atoms with Gasteiger partial charge in [-0.2, -0.15) is 0 Å². The lowest BCUT2D eigenvalue weighted by Gasteiger charge is -2.34. The first kappa shape index (κ1) is 16.0. The van der Waals surface area contributed by atoms with Crippen molar-refractivity contribution in [2.75, 3.05) is 19.7 Å². The first-order chi connectivity index (χ1) is 9.47. The van der Waals surface area contributed by atoms with Crippen LogP contribution in [0.5, 0.6) is 0 Å². The van der Waals surface area contributed by atoms with Gasteiger partial charge in [-0.05, 0) is 38.0 Å². The molecule has 2 aliphatic rings. The zero-order valence-electron chi connectivity index (χ0n) is 12.8. The maximum absolute atomic E-state index is 12.4. The van der Waals surface area contributed by atoms with Crippen LogP contribution < -0.4 is 0 Å². The summed E-state index contributed by atoms with van der Waals surface area (Å²) < 4.78 is 6.97. The van der Waals surface area contributed by atoms with Crippen LogP contribution >= 0.6 is 15.9 Å². The molecular weight excluding hydrogens is 318 g/mol. The van der Waals surface area contributed by atoms with Crippen molar-refractivity contribution in [1.82, 2.24) is 4.90 Å². The second kappa shape index (κ2) is 7.08. The van der Waals surface area contributed by atoms with Crippen LogP contribution in [-0.2, 0) is 9.53 Å². The molecule has 114 valence electrons. The summed E-state index contributed by atoms with van der Waals surface area (Å²) in [6.07, 6.45) is 4.07. The van der Waals surface area contributed by atoms with Gasteiger partial charge in [-0.1, -0.05) is 35.4 Å². The maximum atomic E-state index is 12.4. The third-order valence-electron chi connectivity index (χ3n) is 4.53. The summed E-state index contributed by atoms with van der Waals surface area (Å²) in [5.41, 5.74) is 1.37. The van der Waals surface area contributed by atoms with Gasteiger partial charge in [0.2, 0.25) is 5.91 Å². The number of rotatable bonds is 3. The smallest absolute Gasteiger partial charge is 0.223 e. The van der Waals surface area contributed by atoms with E-state index in [1.807, 2.05) is 4.90 Å². The van der Waals surface area contributed by atoms with Gasteiger partial charge in [0.1, 0.15) is 0 Å². The van der Waals surface area contributed by atoms with E-state index in [1.54, 1.807) is 0 Å². The Morgan fingerprint density at radius 1 is 1.50 bits per heavy atom. The predicted molar refractivity (Wildman–Crippen MR) is 84.7 cm³/mol. The third kappa shape index (κ3) is 4.08. The van der Waals surface area contributed by atoms with Gasteiger partial charge >= 0.3 is 0 Å². The molecule has 0 spiro atoms. The number of ether oxygens (including phenoxy) is 1. The number of hydrogen-bond acceptors (Lipinski definition) is 2. The Balaban J connectivity index is 1.85. The van der Waals surface area contributed by atoms with Gasteiger partial charge in [-0.15, -0.1) is 0 Å². The van der Waals surface area contributed by atoms with E-state index in [9.17, 15) is 4.79 Å². The van der Waals surface area contributed by atoms with Crippen LogP contribution in [0, 0.1) is 11.8 Å². The van der Waals surface area contributed by atoms with Crippen LogP contribution in [0.15, 0.2) is 10.1 Å². The van der Waals surface area contributed by atoms with Crippen molar-refractivity contribution in [2.45, 2.75) is 52.6 Å². The Bertz CT molecular complexity index is 392. The summed E-state index contributed by atoms with van der Waals surface area (Å²) in [5.74, 6) is 1.35. The second-order valence-electron chi connectivity index (χ2n) is 6.50. The Morgan fingerprint density at radius 2 is 2.25 bits per heavy atom. The van der Waals surface area contributed by atoms with Crippen molar-refractivity contribution in [3.8, 4) is 0 Å². The molecule has 1 fully saturated rings. The first-order valence-corrected chi connectivity index (χ1v) is 8.50. The molecule has 0 aromatic rings. The fourth-order valence-corrected chi connectivity index (χ4v) is 3.46. The van der Waals surface area contributed by atoms with Gasteiger partial charge in [0.25, 0.3) is 0 Å². The fraction of sp³-hybridized carbons (Fsp3) is 0.812. The minimum Gasteiger partial charge on any atom is -0.378 e. The topological polar surface area (TPSA) is 29.5 Å². The van der Waals surface area contributed by atoms with Gasteiger partial charge in [0, 0.05) is 24.1 Å². The van der Waals surface area contributed by atoms with E-state index in [1.165, 1.54) is 10.1 Å². The van der Waals surface area contributed by atoms with Crippen LogP contribution in [0.1, 0.15) is 46.5 Å². The molecule has 0 aromatic carbocycles. The highest BCUT2D eigenvalue weighted by molar-refractivity contribution is 9.11. The normalized spacial score (nSPS) is 28.1. The van der Waals surface area contributed by atoms with Gasteiger partial charge in [-0.3, -0.25) is 4.79 Å². The summed E-state index contributed by atoms with van der Waals surface area (Å²) >= 11 is 3.58. The molecule has 4 heteroatoms. The molecule has 1 amide bonds. The molecule has 0 aromatic heterocycles. The first-order valence-electron chi connectivity index (χ1n) is 7.71. The Morgan fingerprint density at radius 3 is 2.90 bits per heavy atom. The number of amides is 1. The molecule has 3 nitrogen and oxygen atoms in total. The highest BCUT2D eigenvalue weighted by Crippen LogP contribution is 2.29. The minimum absolute atomic E-state index is 0.309. The Hall–Kier alpha value is -0.350. The largest absolute Gasteiger partial charge is 0.378 e. The molecule has 0 N–H and O–H groups in total. The number of carbonyl (C=O) groups is 1. The van der Waals surface area contributed by atoms with E-state index in [-0.39, 0.29) is 0 Å². The lowest BCUT2D eigenvalue weighted by molar-refractivity contribution is -0.133. The van der Waals surface area contributed by atoms with Crippen molar-refractivity contribution in [2.24, 2.45) is 11.8 Å². The van der Waals surface area contributed by atoms with Crippen molar-refractivity contribution >= 4 is 21.8 Å². The molecule has 20 heavy (non-hydrogen) atoms. The van der Waals surface area contributed by atoms with Crippen molar-refractivity contribution in [1.29, 1.82) is 0 Å². The fourth-order valence-electron chi connectivity index (χ4n) is 2.96. The predicted octanol–water partition coefficient (Wildman–Crippen LogP) is 3.73. The molecule has 2 rings (SSSR count). The third-order valence-corrected chi connectivity index (χ3v) is 5.46. The number of nitrogens with zero attached hydrogens (tertiary/aromatic N) is 1. The summed E-state index contributed by atoms with van der Waals surface area (Å²) in [6, 6.07) is 0. The van der Waals surface area contributed by atoms with Gasteiger partial charge in [0.05, 0.1) is 12.6 Å². The SMILES string of the molecule is CC1=C(Br)CN(C(=O)C[C@@H]2CCO[C@@H](C(C)C)C2)CC1. The van der Waals surface area contributed by atoms with Crippen LogP contribution in [-0.4, -0.2) is 36.6 Å². The van der Waals surface area contributed by atoms with E-state index < -0.39 is 0 Å². The highest BCUT2D eigenvalue weighted by atomic mass is 79.9. The molecule has 0 aliphatic carbocycles. The van der Waals surface area contributed by atoms with Gasteiger partial charge in [-0.25, -0.2) is 0 Å². The van der Waals surface area contributed by atoms with Crippen molar-refractivity contribution < 1.29 is 9.53 Å². The van der Waals surface area contributed by atoms with Crippen LogP contribution in [0.2, 0.25) is 0 Å². The van der Waals surface area contributed by atoms with Crippen LogP contribution in [0.3, 0.4) is 0 Å². The quantitative estimate of drug-likeness (QED) is 0.781. The zero-order valence-corrected chi connectivity index (χ0v) is 14.4. The zero-order chi connectivity index (χ0) is 14.7. The number of hydrogen-bond donors (Lipinski definition) is 0. The van der Waals surface area contributed by atoms with E-state index in [2.05, 4.69) is 36.7 Å². The second-order valence-corrected chi connectivity index (χ2v) is 7.46. The molecule has 0 saturated carbocycles. The van der Waals surface area contributed by atoms with Crippen molar-refractivity contribution in [3.63, 3.8) is 0 Å². The van der Waals surface area contributed by atoms with E-state index in [0.29, 0.717) is 30.3 Å². The summed E-state index contributed by atoms with van der Waals surface area (Å²) in [4.78, 5) is 14.4. The minimum atomic E-state index is 0.309. The lowest BCUT2D eigenvalue weighted by Crippen LogP contribution is -2.38.